The second-order valence-electron chi connectivity index (χ2n) is 5.76. The lowest BCUT2D eigenvalue weighted by atomic mass is 9.77. The smallest absolute Gasteiger partial charge is 0.203 e. The van der Waals surface area contributed by atoms with Crippen LogP contribution in [0, 0.1) is 5.41 Å². The summed E-state index contributed by atoms with van der Waals surface area (Å²) in [7, 11) is 4.88. The monoisotopic (exact) mass is 279 g/mol. The van der Waals surface area contributed by atoms with E-state index < -0.39 is 0 Å². The van der Waals surface area contributed by atoms with E-state index in [1.54, 1.807) is 21.3 Å². The fraction of sp³-hybridized carbons (Fsp3) is 0.625. The maximum atomic E-state index is 6.55. The van der Waals surface area contributed by atoms with Crippen LogP contribution in [-0.4, -0.2) is 21.3 Å². The van der Waals surface area contributed by atoms with E-state index in [-0.39, 0.29) is 11.5 Å². The maximum Gasteiger partial charge on any atom is 0.203 e. The summed E-state index contributed by atoms with van der Waals surface area (Å²) in [6.07, 6.45) is 4.82. The quantitative estimate of drug-likeness (QED) is 0.898. The Hall–Kier alpha value is -1.42. The minimum atomic E-state index is -0.0558. The lowest BCUT2D eigenvalue weighted by molar-refractivity contribution is 0.255. The Morgan fingerprint density at radius 2 is 1.60 bits per heavy atom. The van der Waals surface area contributed by atoms with E-state index in [4.69, 9.17) is 19.9 Å². The average Bonchev–Trinajstić information content (AvgIpc) is 2.92. The molecule has 1 aliphatic carbocycles. The molecule has 4 heteroatoms. The zero-order valence-corrected chi connectivity index (χ0v) is 12.9. The summed E-state index contributed by atoms with van der Waals surface area (Å²) in [6, 6.07) is 3.84. The molecule has 2 N–H and O–H groups in total. The molecule has 0 aliphatic heterocycles. The third-order valence-corrected chi connectivity index (χ3v) is 4.57. The molecule has 0 saturated heterocycles. The summed E-state index contributed by atoms with van der Waals surface area (Å²) in [5.41, 5.74) is 7.68. The van der Waals surface area contributed by atoms with Crippen LogP contribution < -0.4 is 19.9 Å². The molecular weight excluding hydrogens is 254 g/mol. The summed E-state index contributed by atoms with van der Waals surface area (Å²) >= 11 is 0. The Labute approximate surface area is 121 Å². The highest BCUT2D eigenvalue weighted by Crippen LogP contribution is 2.50. The lowest BCUT2D eigenvalue weighted by Gasteiger charge is -2.32. The van der Waals surface area contributed by atoms with E-state index in [2.05, 4.69) is 6.92 Å². The van der Waals surface area contributed by atoms with Crippen molar-refractivity contribution in [2.45, 2.75) is 38.6 Å². The molecule has 1 aromatic carbocycles. The van der Waals surface area contributed by atoms with Gasteiger partial charge in [-0.15, -0.1) is 0 Å². The fourth-order valence-electron chi connectivity index (χ4n) is 3.24. The summed E-state index contributed by atoms with van der Waals surface area (Å²) in [5, 5.41) is 0. The average molecular weight is 279 g/mol. The molecule has 1 aromatic rings. The molecule has 112 valence electrons. The summed E-state index contributed by atoms with van der Waals surface area (Å²) in [5.74, 6) is 1.97. The number of hydrogen-bond acceptors (Lipinski definition) is 4. The third-order valence-electron chi connectivity index (χ3n) is 4.57. The van der Waals surface area contributed by atoms with Crippen molar-refractivity contribution in [2.24, 2.45) is 11.1 Å². The van der Waals surface area contributed by atoms with Crippen molar-refractivity contribution >= 4 is 0 Å². The van der Waals surface area contributed by atoms with E-state index in [1.165, 1.54) is 12.8 Å². The second kappa shape index (κ2) is 5.92. The van der Waals surface area contributed by atoms with Gasteiger partial charge in [-0.2, -0.15) is 0 Å². The molecule has 0 aromatic heterocycles. The molecule has 0 heterocycles. The van der Waals surface area contributed by atoms with Crippen LogP contribution in [0.2, 0.25) is 0 Å². The largest absolute Gasteiger partial charge is 0.493 e. The Morgan fingerprint density at radius 3 is 2.10 bits per heavy atom. The zero-order valence-electron chi connectivity index (χ0n) is 12.9. The van der Waals surface area contributed by atoms with Crippen LogP contribution in [0.3, 0.4) is 0 Å². The molecule has 1 aliphatic rings. The minimum absolute atomic E-state index is 0.0558. The predicted molar refractivity (Wildman–Crippen MR) is 79.6 cm³/mol. The van der Waals surface area contributed by atoms with E-state index >= 15 is 0 Å². The molecule has 4 nitrogen and oxygen atoms in total. The first kappa shape index (κ1) is 15.0. The van der Waals surface area contributed by atoms with E-state index in [0.717, 1.165) is 18.4 Å². The topological polar surface area (TPSA) is 53.7 Å². The molecule has 0 bridgehead atoms. The van der Waals surface area contributed by atoms with E-state index in [0.29, 0.717) is 17.2 Å². The predicted octanol–water partition coefficient (Wildman–Crippen LogP) is 3.29. The molecule has 0 amide bonds. The minimum Gasteiger partial charge on any atom is -0.493 e. The van der Waals surface area contributed by atoms with Crippen molar-refractivity contribution in [1.29, 1.82) is 0 Å². The van der Waals surface area contributed by atoms with Gasteiger partial charge in [-0.3, -0.25) is 0 Å². The number of nitrogens with two attached hydrogens (primary N) is 1. The van der Waals surface area contributed by atoms with Crippen molar-refractivity contribution in [3.63, 3.8) is 0 Å². The van der Waals surface area contributed by atoms with Gasteiger partial charge in [0.25, 0.3) is 0 Å². The standard InChI is InChI=1S/C16H25NO3/c1-16(9-5-6-10-16)15(17)11-7-8-12(18-2)14(20-4)13(11)19-3/h7-8,15H,5-6,9-10,17H2,1-4H3. The van der Waals surface area contributed by atoms with E-state index in [9.17, 15) is 0 Å². The molecule has 1 fully saturated rings. The normalized spacial score (nSPS) is 18.6. The van der Waals surface area contributed by atoms with Gasteiger partial charge in [-0.1, -0.05) is 19.8 Å². The number of ether oxygens (including phenoxy) is 3. The third kappa shape index (κ3) is 2.44. The first-order valence-corrected chi connectivity index (χ1v) is 7.12. The molecule has 20 heavy (non-hydrogen) atoms. The number of hydrogen-bond donors (Lipinski definition) is 1. The van der Waals surface area contributed by atoms with Crippen LogP contribution in [0.4, 0.5) is 0 Å². The molecule has 0 spiro atoms. The highest BCUT2D eigenvalue weighted by Gasteiger charge is 2.37. The molecule has 1 unspecified atom stereocenters. The van der Waals surface area contributed by atoms with Gasteiger partial charge in [0.1, 0.15) is 0 Å². The lowest BCUT2D eigenvalue weighted by Crippen LogP contribution is -2.29. The zero-order chi connectivity index (χ0) is 14.8. The SMILES string of the molecule is COc1ccc(C(N)C2(C)CCCC2)c(OC)c1OC. The number of benzene rings is 1. The Morgan fingerprint density at radius 1 is 1.00 bits per heavy atom. The van der Waals surface area contributed by atoms with Crippen LogP contribution in [-0.2, 0) is 0 Å². The van der Waals surface area contributed by atoms with Gasteiger partial charge in [-0.25, -0.2) is 0 Å². The summed E-state index contributed by atoms with van der Waals surface area (Å²) < 4.78 is 16.3. The summed E-state index contributed by atoms with van der Waals surface area (Å²) in [6.45, 7) is 2.26. The second-order valence-corrected chi connectivity index (χ2v) is 5.76. The van der Waals surface area contributed by atoms with Gasteiger partial charge < -0.3 is 19.9 Å². The maximum absolute atomic E-state index is 6.55. The van der Waals surface area contributed by atoms with Crippen LogP contribution in [0.25, 0.3) is 0 Å². The van der Waals surface area contributed by atoms with Gasteiger partial charge in [0, 0.05) is 11.6 Å². The van der Waals surface area contributed by atoms with Crippen molar-refractivity contribution in [3.8, 4) is 17.2 Å². The fourth-order valence-corrected chi connectivity index (χ4v) is 3.24. The first-order valence-electron chi connectivity index (χ1n) is 7.12. The van der Waals surface area contributed by atoms with Gasteiger partial charge in [0.05, 0.1) is 21.3 Å². The van der Waals surface area contributed by atoms with Gasteiger partial charge in [0.15, 0.2) is 11.5 Å². The van der Waals surface area contributed by atoms with E-state index in [1.807, 2.05) is 12.1 Å². The molecule has 0 radical (unpaired) electrons. The molecule has 1 atom stereocenters. The molecular formula is C16H25NO3. The Bertz CT molecular complexity index is 467. The van der Waals surface area contributed by atoms with Gasteiger partial charge in [-0.05, 0) is 30.4 Å². The van der Waals surface area contributed by atoms with Crippen molar-refractivity contribution in [1.82, 2.24) is 0 Å². The van der Waals surface area contributed by atoms with Crippen molar-refractivity contribution in [2.75, 3.05) is 21.3 Å². The molecule has 2 rings (SSSR count). The first-order chi connectivity index (χ1) is 9.57. The summed E-state index contributed by atoms with van der Waals surface area (Å²) in [4.78, 5) is 0. The van der Waals surface area contributed by atoms with Gasteiger partial charge >= 0.3 is 0 Å². The number of rotatable bonds is 5. The Kier molecular flexibility index (Phi) is 4.43. The molecule has 1 saturated carbocycles. The Balaban J connectivity index is 2.45. The van der Waals surface area contributed by atoms with Gasteiger partial charge in [0.2, 0.25) is 5.75 Å². The van der Waals surface area contributed by atoms with Crippen LogP contribution in [0.5, 0.6) is 17.2 Å². The van der Waals surface area contributed by atoms with Crippen LogP contribution in [0.15, 0.2) is 12.1 Å². The van der Waals surface area contributed by atoms with Crippen LogP contribution >= 0.6 is 0 Å². The highest BCUT2D eigenvalue weighted by molar-refractivity contribution is 5.57. The van der Waals surface area contributed by atoms with Crippen molar-refractivity contribution < 1.29 is 14.2 Å². The van der Waals surface area contributed by atoms with Crippen LogP contribution in [0.1, 0.15) is 44.2 Å². The highest BCUT2D eigenvalue weighted by atomic mass is 16.5. The number of methoxy groups -OCH3 is 3. The van der Waals surface area contributed by atoms with Crippen molar-refractivity contribution in [3.05, 3.63) is 17.7 Å².